The molecule has 5 heteroatoms. The van der Waals surface area contributed by atoms with E-state index in [4.69, 9.17) is 0 Å². The van der Waals surface area contributed by atoms with E-state index < -0.39 is 0 Å². The zero-order valence-corrected chi connectivity index (χ0v) is 34.5. The molecule has 0 bridgehead atoms. The molecule has 2 nitrogen and oxygen atoms in total. The molecule has 256 valence electrons. The Morgan fingerprint density at radius 1 is 0.596 bits per heavy atom. The normalized spacial score (nSPS) is 22.0. The molecule has 1 aliphatic carbocycles. The fourth-order valence-electron chi connectivity index (χ4n) is 6.11. The molecule has 1 saturated carbocycles. The number of phenolic OH excluding ortho intramolecular Hbond substituents is 2. The molecule has 3 unspecified atom stereocenters. The Labute approximate surface area is 297 Å². The topological polar surface area (TPSA) is 40.5 Å². The molecule has 4 rings (SSSR count). The van der Waals surface area contributed by atoms with Gasteiger partial charge in [-0.15, -0.1) is 0 Å². The molecule has 47 heavy (non-hydrogen) atoms. The van der Waals surface area contributed by atoms with Crippen molar-refractivity contribution in [3.8, 4) is 35.2 Å². The van der Waals surface area contributed by atoms with Gasteiger partial charge in [0.05, 0.1) is 0 Å². The summed E-state index contributed by atoms with van der Waals surface area (Å²) in [6.07, 6.45) is 7.95. The van der Waals surface area contributed by atoms with Gasteiger partial charge in [0.15, 0.2) is 0 Å². The molecular formula is C42H60O2S2Ti. The summed E-state index contributed by atoms with van der Waals surface area (Å²) < 4.78 is 0. The molecule has 0 saturated heterocycles. The molecule has 2 aliphatic rings. The molecule has 2 aromatic rings. The molecule has 0 amide bonds. The molecule has 2 aromatic carbocycles. The Bertz CT molecular complexity index is 1570. The van der Waals surface area contributed by atoms with E-state index in [9.17, 15) is 10.2 Å². The number of phenols is 2. The van der Waals surface area contributed by atoms with E-state index in [1.165, 1.54) is 49.7 Å². The van der Waals surface area contributed by atoms with Crippen molar-refractivity contribution in [2.24, 2.45) is 10.8 Å². The van der Waals surface area contributed by atoms with Gasteiger partial charge in [0, 0.05) is 0 Å². The predicted molar refractivity (Wildman–Crippen MR) is 204 cm³/mol. The van der Waals surface area contributed by atoms with Gasteiger partial charge in [-0.3, -0.25) is 0 Å². The van der Waals surface area contributed by atoms with E-state index in [2.05, 4.69) is 131 Å². The molecule has 0 radical (unpaired) electrons. The van der Waals surface area contributed by atoms with Crippen molar-refractivity contribution < 1.29 is 25.7 Å². The predicted octanol–water partition coefficient (Wildman–Crippen LogP) is 11.7. The molecule has 1 heterocycles. The summed E-state index contributed by atoms with van der Waals surface area (Å²) in [6.45, 7) is 26.3. The second kappa shape index (κ2) is 14.8. The first-order valence-electron chi connectivity index (χ1n) is 17.6. The van der Waals surface area contributed by atoms with Crippen molar-refractivity contribution in [2.45, 2.75) is 154 Å². The van der Waals surface area contributed by atoms with Crippen LogP contribution in [-0.2, 0) is 37.8 Å². The van der Waals surface area contributed by atoms with Crippen LogP contribution in [0.2, 0.25) is 0 Å². The van der Waals surface area contributed by atoms with Crippen molar-refractivity contribution in [2.75, 3.05) is 0 Å². The quantitative estimate of drug-likeness (QED) is 0.245. The standard InChI is InChI=1S/C42H60O2S2.Ti/c1-39(2,3)21-19-29-23-33(41(7,8)9)25-31(37(29)43)27-45-35-17-15-13-14-16-18-36(35)46-28-32-26-34(42(10,11)12)24-30(38(32)44)20-22-40(4,5)6;/h23-26,35-36,43-44H,13-18,27-28H2,1-12H3;/t35-,36?;/m0./s1. The first-order valence-corrected chi connectivity index (χ1v) is 24.3. The number of rotatable bonds is 4. The zero-order chi connectivity index (χ0) is 34.9. The Morgan fingerprint density at radius 2 is 0.957 bits per heavy atom. The van der Waals surface area contributed by atoms with E-state index in [-0.39, 0.29) is 53.0 Å². The van der Waals surface area contributed by atoms with Gasteiger partial charge in [0.1, 0.15) is 0 Å². The van der Waals surface area contributed by atoms with Crippen molar-refractivity contribution in [1.82, 2.24) is 0 Å². The fourth-order valence-corrected chi connectivity index (χ4v) is 26.9. The SMILES string of the molecule is CC(C)(C)C#Cc1cc(C(C)(C)C)cc(C[S]2=[Ti]=[S](Cc3cc(C(C)(C)C)cc(C#CC(C)(C)C)c3O)[C@H]3CCCCCCC32)c1O. The third-order valence-electron chi connectivity index (χ3n) is 8.96. The summed E-state index contributed by atoms with van der Waals surface area (Å²) in [7, 11) is 0.556. The van der Waals surface area contributed by atoms with Gasteiger partial charge in [-0.2, -0.15) is 0 Å². The number of hydrogen-bond donors (Lipinski definition) is 2. The Morgan fingerprint density at radius 3 is 1.28 bits per heavy atom. The van der Waals surface area contributed by atoms with E-state index in [0.29, 0.717) is 11.5 Å². The maximum atomic E-state index is 11.7. The van der Waals surface area contributed by atoms with Crippen LogP contribution in [0.3, 0.4) is 0 Å². The van der Waals surface area contributed by atoms with Crippen molar-refractivity contribution in [3.05, 3.63) is 57.6 Å². The first-order chi connectivity index (χ1) is 21.6. The van der Waals surface area contributed by atoms with E-state index in [1.807, 2.05) is 0 Å². The Hall–Kier alpha value is -1.43. The Balaban J connectivity index is 1.86. The Kier molecular flexibility index (Phi) is 12.1. The van der Waals surface area contributed by atoms with Crippen molar-refractivity contribution >= 4 is 15.9 Å². The third-order valence-corrected chi connectivity index (χ3v) is 24.9. The monoisotopic (exact) mass is 708 g/mol. The van der Waals surface area contributed by atoms with Crippen LogP contribution in [0.5, 0.6) is 11.5 Å². The number of aromatic hydroxyl groups is 2. The molecule has 0 aromatic heterocycles. The zero-order valence-electron chi connectivity index (χ0n) is 31.3. The van der Waals surface area contributed by atoms with Gasteiger partial charge in [-0.25, -0.2) is 0 Å². The first kappa shape index (κ1) is 38.4. The molecule has 2 N–H and O–H groups in total. The van der Waals surface area contributed by atoms with Crippen LogP contribution in [0.1, 0.15) is 155 Å². The summed E-state index contributed by atoms with van der Waals surface area (Å²) in [5.41, 5.74) is 5.99. The van der Waals surface area contributed by atoms with Crippen molar-refractivity contribution in [3.63, 3.8) is 0 Å². The van der Waals surface area contributed by atoms with Crippen LogP contribution in [0.15, 0.2) is 24.3 Å². The molecule has 4 atom stereocenters. The van der Waals surface area contributed by atoms with Gasteiger partial charge < -0.3 is 0 Å². The van der Waals surface area contributed by atoms with Crippen LogP contribution < -0.4 is 0 Å². The fraction of sp³-hybridized carbons (Fsp3) is 0.619. The number of benzene rings is 2. The summed E-state index contributed by atoms with van der Waals surface area (Å²) in [5, 5.41) is 24.8. The van der Waals surface area contributed by atoms with E-state index in [0.717, 1.165) is 44.3 Å². The molecule has 1 fully saturated rings. The van der Waals surface area contributed by atoms with Gasteiger partial charge in [0.2, 0.25) is 0 Å². The number of hydrogen-bond acceptors (Lipinski definition) is 2. The minimum absolute atomic E-state index is 0.0219. The van der Waals surface area contributed by atoms with Crippen LogP contribution in [-0.4, -0.2) is 20.7 Å². The van der Waals surface area contributed by atoms with Gasteiger partial charge in [0.25, 0.3) is 0 Å². The van der Waals surface area contributed by atoms with Gasteiger partial charge in [-0.1, -0.05) is 0 Å². The average molecular weight is 709 g/mol. The summed E-state index contributed by atoms with van der Waals surface area (Å²) in [6, 6.07) is 8.84. The van der Waals surface area contributed by atoms with Crippen LogP contribution in [0.25, 0.3) is 0 Å². The average Bonchev–Trinajstić information content (AvgIpc) is 3.21. The number of fused-ring (bicyclic) bond motifs is 1. The summed E-state index contributed by atoms with van der Waals surface area (Å²) in [4.78, 5) is 0. The van der Waals surface area contributed by atoms with Crippen LogP contribution in [0, 0.1) is 34.5 Å². The van der Waals surface area contributed by atoms with Crippen LogP contribution in [0.4, 0.5) is 0 Å². The molecular weight excluding hydrogens is 648 g/mol. The summed E-state index contributed by atoms with van der Waals surface area (Å²) in [5.74, 6) is 16.3. The maximum absolute atomic E-state index is 11.7. The second-order valence-corrected chi connectivity index (χ2v) is 29.3. The van der Waals surface area contributed by atoms with Gasteiger partial charge in [-0.05, 0) is 0 Å². The van der Waals surface area contributed by atoms with E-state index in [1.54, 1.807) is 0 Å². The molecule has 1 aliphatic heterocycles. The molecule has 0 spiro atoms. The van der Waals surface area contributed by atoms with Gasteiger partial charge >= 0.3 is 300 Å². The second-order valence-electron chi connectivity index (χ2n) is 17.9. The van der Waals surface area contributed by atoms with Crippen LogP contribution >= 0.6 is 15.9 Å². The van der Waals surface area contributed by atoms with E-state index >= 15 is 0 Å². The minimum atomic E-state index is -0.314. The summed E-state index contributed by atoms with van der Waals surface area (Å²) >= 11 is -0.314. The third kappa shape index (κ3) is 10.5. The van der Waals surface area contributed by atoms with Crippen molar-refractivity contribution in [1.29, 1.82) is 0 Å².